The molecule has 7 heteroatoms. The van der Waals surface area contributed by atoms with Crippen molar-refractivity contribution in [3.8, 4) is 0 Å². The highest BCUT2D eigenvalue weighted by atomic mass is 16.6. The zero-order valence-electron chi connectivity index (χ0n) is 13.9. The SMILES string of the molecule is C=C1C(=O)O[C@H]2[C@H]1[C@@H](OC(C)=O)C=C(C)[C@]1(O)C[C@@H](O)[C@@](C)(O)[C@H]21. The van der Waals surface area contributed by atoms with Gasteiger partial charge in [-0.1, -0.05) is 6.58 Å². The van der Waals surface area contributed by atoms with Crippen molar-refractivity contribution in [2.24, 2.45) is 11.8 Å². The van der Waals surface area contributed by atoms with E-state index in [0.29, 0.717) is 5.57 Å². The number of carbonyl (C=O) groups excluding carboxylic acids is 2. The molecule has 3 N–H and O–H groups in total. The van der Waals surface area contributed by atoms with E-state index < -0.39 is 53.3 Å². The zero-order chi connectivity index (χ0) is 18.0. The summed E-state index contributed by atoms with van der Waals surface area (Å²) in [7, 11) is 0. The minimum absolute atomic E-state index is 0.104. The highest BCUT2D eigenvalue weighted by molar-refractivity contribution is 5.91. The first-order valence-corrected chi connectivity index (χ1v) is 7.89. The fourth-order valence-corrected chi connectivity index (χ4v) is 4.39. The standard InChI is InChI=1S/C17H22O7/c1-7-5-10(23-9(3)18)12-8(2)15(20)24-13(12)14-16(4,21)11(19)6-17(7,14)22/h5,10-14,19,21-22H,2,6H2,1,3-4H3/t10-,11+,12+,13-,14-,16+,17+/m0/s1. The van der Waals surface area contributed by atoms with Gasteiger partial charge in [-0.2, -0.15) is 0 Å². The fourth-order valence-electron chi connectivity index (χ4n) is 4.39. The van der Waals surface area contributed by atoms with Crippen LogP contribution in [0, 0.1) is 11.8 Å². The molecule has 132 valence electrons. The number of esters is 2. The van der Waals surface area contributed by atoms with Crippen LogP contribution in [0.1, 0.15) is 27.2 Å². The maximum Gasteiger partial charge on any atom is 0.334 e. The predicted octanol–water partition coefficient (Wildman–Crippen LogP) is -0.161. The molecule has 0 unspecified atom stereocenters. The number of carbonyl (C=O) groups is 2. The molecule has 3 aliphatic rings. The number of aliphatic hydroxyl groups is 3. The Kier molecular flexibility index (Phi) is 3.67. The smallest absolute Gasteiger partial charge is 0.334 e. The van der Waals surface area contributed by atoms with Crippen molar-refractivity contribution in [3.63, 3.8) is 0 Å². The molecule has 0 aromatic heterocycles. The summed E-state index contributed by atoms with van der Waals surface area (Å²) in [5.41, 5.74) is -2.68. The highest BCUT2D eigenvalue weighted by Gasteiger charge is 2.67. The van der Waals surface area contributed by atoms with E-state index in [2.05, 4.69) is 6.58 Å². The monoisotopic (exact) mass is 338 g/mol. The number of ether oxygens (including phenoxy) is 2. The lowest BCUT2D eigenvalue weighted by molar-refractivity contribution is -0.162. The summed E-state index contributed by atoms with van der Waals surface area (Å²) in [6.07, 6.45) is -1.53. The van der Waals surface area contributed by atoms with Gasteiger partial charge in [-0.3, -0.25) is 4.79 Å². The van der Waals surface area contributed by atoms with E-state index in [0.717, 1.165) is 0 Å². The number of rotatable bonds is 1. The minimum Gasteiger partial charge on any atom is -0.458 e. The average molecular weight is 338 g/mol. The van der Waals surface area contributed by atoms with Gasteiger partial charge in [-0.25, -0.2) is 4.79 Å². The molecule has 1 saturated carbocycles. The third-order valence-corrected chi connectivity index (χ3v) is 5.67. The van der Waals surface area contributed by atoms with E-state index in [1.165, 1.54) is 13.8 Å². The predicted molar refractivity (Wildman–Crippen MR) is 81.5 cm³/mol. The summed E-state index contributed by atoms with van der Waals surface area (Å²) in [6.45, 7) is 8.03. The Bertz CT molecular complexity index is 649. The van der Waals surface area contributed by atoms with Gasteiger partial charge in [-0.15, -0.1) is 0 Å². The van der Waals surface area contributed by atoms with E-state index in [-0.39, 0.29) is 12.0 Å². The topological polar surface area (TPSA) is 113 Å². The van der Waals surface area contributed by atoms with Crippen molar-refractivity contribution in [3.05, 3.63) is 23.8 Å². The molecule has 1 aliphatic heterocycles. The van der Waals surface area contributed by atoms with Crippen LogP contribution >= 0.6 is 0 Å². The summed E-state index contributed by atoms with van der Waals surface area (Å²) < 4.78 is 10.7. The van der Waals surface area contributed by atoms with Crippen molar-refractivity contribution < 1.29 is 34.4 Å². The van der Waals surface area contributed by atoms with Gasteiger partial charge in [-0.05, 0) is 25.5 Å². The Morgan fingerprint density at radius 1 is 1.46 bits per heavy atom. The molecule has 7 atom stereocenters. The van der Waals surface area contributed by atoms with Crippen molar-refractivity contribution >= 4 is 11.9 Å². The molecule has 24 heavy (non-hydrogen) atoms. The Hall–Kier alpha value is -1.70. The van der Waals surface area contributed by atoms with Gasteiger partial charge in [0, 0.05) is 18.9 Å². The first-order valence-electron chi connectivity index (χ1n) is 7.89. The maximum atomic E-state index is 12.0. The molecule has 1 heterocycles. The van der Waals surface area contributed by atoms with Crippen LogP contribution in [0.4, 0.5) is 0 Å². The molecule has 2 fully saturated rings. The van der Waals surface area contributed by atoms with E-state index in [4.69, 9.17) is 9.47 Å². The van der Waals surface area contributed by atoms with Gasteiger partial charge in [0.25, 0.3) is 0 Å². The van der Waals surface area contributed by atoms with Crippen molar-refractivity contribution in [2.75, 3.05) is 0 Å². The lowest BCUT2D eigenvalue weighted by atomic mass is 9.73. The molecular formula is C17H22O7. The molecule has 0 bridgehead atoms. The highest BCUT2D eigenvalue weighted by Crippen LogP contribution is 2.55. The molecule has 1 saturated heterocycles. The van der Waals surface area contributed by atoms with Crippen LogP contribution in [0.25, 0.3) is 0 Å². The molecule has 0 aromatic rings. The third kappa shape index (κ3) is 2.15. The molecule has 0 aromatic carbocycles. The third-order valence-electron chi connectivity index (χ3n) is 5.67. The first kappa shape index (κ1) is 17.1. The van der Waals surface area contributed by atoms with Crippen molar-refractivity contribution in [1.29, 1.82) is 0 Å². The lowest BCUT2D eigenvalue weighted by Gasteiger charge is -2.39. The lowest BCUT2D eigenvalue weighted by Crippen LogP contribution is -2.53. The van der Waals surface area contributed by atoms with E-state index in [1.807, 2.05) is 0 Å². The van der Waals surface area contributed by atoms with Gasteiger partial charge < -0.3 is 24.8 Å². The Labute approximate surface area is 139 Å². The molecule has 2 aliphatic carbocycles. The number of fused-ring (bicyclic) bond motifs is 3. The normalized spacial score (nSPS) is 47.4. The maximum absolute atomic E-state index is 12.0. The van der Waals surface area contributed by atoms with Crippen molar-refractivity contribution in [1.82, 2.24) is 0 Å². The summed E-state index contributed by atoms with van der Waals surface area (Å²) in [5, 5.41) is 32.2. The van der Waals surface area contributed by atoms with Gasteiger partial charge in [0.05, 0.1) is 29.1 Å². The van der Waals surface area contributed by atoms with E-state index in [1.54, 1.807) is 13.0 Å². The minimum atomic E-state index is -1.68. The fraction of sp³-hybridized carbons (Fsp3) is 0.647. The van der Waals surface area contributed by atoms with E-state index >= 15 is 0 Å². The second-order valence-electron chi connectivity index (χ2n) is 7.19. The average Bonchev–Trinajstić information content (AvgIpc) is 2.77. The molecule has 3 rings (SSSR count). The van der Waals surface area contributed by atoms with Crippen LogP contribution in [0.15, 0.2) is 23.8 Å². The second-order valence-corrected chi connectivity index (χ2v) is 7.19. The van der Waals surface area contributed by atoms with Gasteiger partial charge in [0.2, 0.25) is 0 Å². The molecule has 7 nitrogen and oxygen atoms in total. The molecular weight excluding hydrogens is 316 g/mol. The first-order chi connectivity index (χ1) is 11.0. The van der Waals surface area contributed by atoms with Gasteiger partial charge >= 0.3 is 11.9 Å². The number of hydrogen-bond acceptors (Lipinski definition) is 7. The summed E-state index contributed by atoms with van der Waals surface area (Å²) >= 11 is 0. The van der Waals surface area contributed by atoms with E-state index in [9.17, 15) is 24.9 Å². The zero-order valence-corrected chi connectivity index (χ0v) is 13.9. The van der Waals surface area contributed by atoms with Crippen LogP contribution in [0.3, 0.4) is 0 Å². The second kappa shape index (κ2) is 5.15. The summed E-state index contributed by atoms with van der Waals surface area (Å²) in [4.78, 5) is 23.5. The quantitative estimate of drug-likeness (QED) is 0.346. The van der Waals surface area contributed by atoms with Gasteiger partial charge in [0.1, 0.15) is 12.2 Å². The molecule has 0 radical (unpaired) electrons. The van der Waals surface area contributed by atoms with Crippen LogP contribution in [0.2, 0.25) is 0 Å². The summed E-state index contributed by atoms with van der Waals surface area (Å²) in [6, 6.07) is 0. The van der Waals surface area contributed by atoms with Crippen LogP contribution in [0.5, 0.6) is 0 Å². The summed E-state index contributed by atoms with van der Waals surface area (Å²) in [5.74, 6) is -2.90. The Morgan fingerprint density at radius 2 is 2.08 bits per heavy atom. The number of hydrogen-bond donors (Lipinski definition) is 3. The number of aliphatic hydroxyl groups excluding tert-OH is 1. The Balaban J connectivity index is 2.17. The van der Waals surface area contributed by atoms with Crippen LogP contribution in [-0.4, -0.2) is 56.8 Å². The largest absolute Gasteiger partial charge is 0.458 e. The Morgan fingerprint density at radius 3 is 2.67 bits per heavy atom. The van der Waals surface area contributed by atoms with Crippen molar-refractivity contribution in [2.45, 2.75) is 56.7 Å². The van der Waals surface area contributed by atoms with Crippen LogP contribution < -0.4 is 0 Å². The molecule has 0 amide bonds. The van der Waals surface area contributed by atoms with Crippen LogP contribution in [-0.2, 0) is 19.1 Å². The van der Waals surface area contributed by atoms with Gasteiger partial charge in [0.15, 0.2) is 0 Å². The molecule has 0 spiro atoms.